The van der Waals surface area contributed by atoms with Crippen molar-refractivity contribution in [3.8, 4) is 0 Å². The molecule has 0 aliphatic carbocycles. The fourth-order valence-corrected chi connectivity index (χ4v) is 3.05. The Hall–Kier alpha value is -2.41. The Morgan fingerprint density at radius 2 is 2.11 bits per heavy atom. The number of amides is 2. The predicted octanol–water partition coefficient (Wildman–Crippen LogP) is 1.78. The number of nitrogens with zero attached hydrogens (tertiary/aromatic N) is 1. The maximum Gasteiger partial charge on any atom is 0.307 e. The molecule has 0 radical (unpaired) electrons. The molecule has 1 aromatic carbocycles. The Kier molecular flexibility index (Phi) is 7.79. The number of carbonyl (C=O) groups is 3. The second kappa shape index (κ2) is 10.1. The van der Waals surface area contributed by atoms with E-state index in [4.69, 9.17) is 4.74 Å². The molecule has 0 bridgehead atoms. The number of ether oxygens (including phenoxy) is 1. The molecule has 1 aliphatic heterocycles. The van der Waals surface area contributed by atoms with Gasteiger partial charge in [0, 0.05) is 18.8 Å². The number of aryl methyl sites for hydroxylation is 2. The molecule has 1 unspecified atom stereocenters. The summed E-state index contributed by atoms with van der Waals surface area (Å²) in [7, 11) is 0. The molecule has 148 valence electrons. The summed E-state index contributed by atoms with van der Waals surface area (Å²) in [6, 6.07) is 5.12. The third-order valence-electron chi connectivity index (χ3n) is 4.57. The molecule has 0 spiro atoms. The first kappa shape index (κ1) is 20.9. The lowest BCUT2D eigenvalue weighted by molar-refractivity contribution is -0.149. The lowest BCUT2D eigenvalue weighted by Crippen LogP contribution is -2.57. The monoisotopic (exact) mass is 375 g/mol. The first-order valence-corrected chi connectivity index (χ1v) is 9.45. The third kappa shape index (κ3) is 6.36. The molecule has 1 fully saturated rings. The summed E-state index contributed by atoms with van der Waals surface area (Å²) in [5.74, 6) is -0.862. The zero-order valence-electron chi connectivity index (χ0n) is 16.3. The van der Waals surface area contributed by atoms with Crippen LogP contribution in [0.15, 0.2) is 18.2 Å². The largest absolute Gasteiger partial charge is 0.466 e. The Morgan fingerprint density at radius 1 is 1.33 bits per heavy atom. The molecule has 7 nitrogen and oxygen atoms in total. The Labute approximate surface area is 160 Å². The molecule has 2 amide bonds. The van der Waals surface area contributed by atoms with Crippen LogP contribution in [0.1, 0.15) is 37.3 Å². The summed E-state index contributed by atoms with van der Waals surface area (Å²) < 4.78 is 5.16. The summed E-state index contributed by atoms with van der Waals surface area (Å²) in [4.78, 5) is 38.4. The van der Waals surface area contributed by atoms with E-state index in [2.05, 4.69) is 10.6 Å². The van der Waals surface area contributed by atoms with Gasteiger partial charge in [0.15, 0.2) is 0 Å². The molecule has 1 saturated heterocycles. The van der Waals surface area contributed by atoms with Crippen molar-refractivity contribution in [1.82, 2.24) is 10.2 Å². The van der Waals surface area contributed by atoms with Crippen LogP contribution >= 0.6 is 0 Å². The normalized spacial score (nSPS) is 17.3. The molecule has 27 heavy (non-hydrogen) atoms. The van der Waals surface area contributed by atoms with Gasteiger partial charge in [-0.2, -0.15) is 0 Å². The Bertz CT molecular complexity index is 690. The fourth-order valence-electron chi connectivity index (χ4n) is 3.05. The van der Waals surface area contributed by atoms with Gasteiger partial charge < -0.3 is 15.4 Å². The van der Waals surface area contributed by atoms with Crippen LogP contribution in [0.5, 0.6) is 0 Å². The standard InChI is InChI=1S/C20H29N3O4/c1-4-5-10-27-19(25)12-17-20(26)21-8-9-23(17)13-18(24)22-16-7-6-14(2)11-15(16)3/h6-7,11,17H,4-5,8-10,12-13H2,1-3H3,(H,21,26)(H,22,24). The van der Waals surface area contributed by atoms with Crippen LogP contribution < -0.4 is 10.6 Å². The molecule has 1 aliphatic rings. The van der Waals surface area contributed by atoms with Crippen LogP contribution in [-0.4, -0.2) is 55.0 Å². The van der Waals surface area contributed by atoms with E-state index in [-0.39, 0.29) is 24.8 Å². The SMILES string of the molecule is CCCCOC(=O)CC1C(=O)NCCN1CC(=O)Nc1ccc(C)cc1C. The van der Waals surface area contributed by atoms with E-state index in [0.717, 1.165) is 29.7 Å². The van der Waals surface area contributed by atoms with Gasteiger partial charge in [-0.15, -0.1) is 0 Å². The van der Waals surface area contributed by atoms with E-state index >= 15 is 0 Å². The van der Waals surface area contributed by atoms with Crippen LogP contribution in [0.2, 0.25) is 0 Å². The molecule has 1 aromatic rings. The van der Waals surface area contributed by atoms with Crippen LogP contribution in [0.25, 0.3) is 0 Å². The van der Waals surface area contributed by atoms with Gasteiger partial charge in [0.05, 0.1) is 19.6 Å². The van der Waals surface area contributed by atoms with Crippen LogP contribution in [-0.2, 0) is 19.1 Å². The summed E-state index contributed by atoms with van der Waals surface area (Å²) in [5.41, 5.74) is 2.86. The maximum absolute atomic E-state index is 12.5. The van der Waals surface area contributed by atoms with Gasteiger partial charge in [-0.05, 0) is 31.9 Å². The van der Waals surface area contributed by atoms with Crippen molar-refractivity contribution in [3.05, 3.63) is 29.3 Å². The van der Waals surface area contributed by atoms with Gasteiger partial charge in [0.25, 0.3) is 0 Å². The van der Waals surface area contributed by atoms with E-state index in [1.54, 1.807) is 4.90 Å². The highest BCUT2D eigenvalue weighted by molar-refractivity contribution is 5.94. The van der Waals surface area contributed by atoms with E-state index in [1.807, 2.05) is 39.0 Å². The third-order valence-corrected chi connectivity index (χ3v) is 4.57. The van der Waals surface area contributed by atoms with Gasteiger partial charge in [0.1, 0.15) is 6.04 Å². The summed E-state index contributed by atoms with van der Waals surface area (Å²) in [5, 5.41) is 5.64. The average Bonchev–Trinajstić information content (AvgIpc) is 2.61. The molecule has 2 rings (SSSR count). The van der Waals surface area contributed by atoms with Crippen LogP contribution in [0.3, 0.4) is 0 Å². The summed E-state index contributed by atoms with van der Waals surface area (Å²) in [6.07, 6.45) is 1.68. The van der Waals surface area contributed by atoms with E-state index in [9.17, 15) is 14.4 Å². The first-order valence-electron chi connectivity index (χ1n) is 9.45. The van der Waals surface area contributed by atoms with E-state index in [1.165, 1.54) is 0 Å². The minimum Gasteiger partial charge on any atom is -0.466 e. The average molecular weight is 375 g/mol. The molecule has 0 aromatic heterocycles. The minimum absolute atomic E-state index is 0.0492. The molecular weight excluding hydrogens is 346 g/mol. The van der Waals surface area contributed by atoms with Crippen molar-refractivity contribution < 1.29 is 19.1 Å². The fraction of sp³-hybridized carbons (Fsp3) is 0.550. The summed E-state index contributed by atoms with van der Waals surface area (Å²) in [6.45, 7) is 7.32. The molecular formula is C20H29N3O4. The van der Waals surface area contributed by atoms with Crippen LogP contribution in [0.4, 0.5) is 5.69 Å². The van der Waals surface area contributed by atoms with Crippen molar-refractivity contribution >= 4 is 23.5 Å². The van der Waals surface area contributed by atoms with Gasteiger partial charge in [-0.1, -0.05) is 31.0 Å². The quantitative estimate of drug-likeness (QED) is 0.534. The maximum atomic E-state index is 12.5. The topological polar surface area (TPSA) is 87.7 Å². The predicted molar refractivity (Wildman–Crippen MR) is 103 cm³/mol. The highest BCUT2D eigenvalue weighted by Gasteiger charge is 2.33. The lowest BCUT2D eigenvalue weighted by Gasteiger charge is -2.33. The van der Waals surface area contributed by atoms with Crippen molar-refractivity contribution in [3.63, 3.8) is 0 Å². The van der Waals surface area contributed by atoms with Gasteiger partial charge in [-0.3, -0.25) is 19.3 Å². The van der Waals surface area contributed by atoms with E-state index in [0.29, 0.717) is 19.7 Å². The van der Waals surface area contributed by atoms with Gasteiger partial charge in [-0.25, -0.2) is 0 Å². The number of esters is 1. The van der Waals surface area contributed by atoms with Crippen molar-refractivity contribution in [2.45, 2.75) is 46.1 Å². The van der Waals surface area contributed by atoms with Crippen molar-refractivity contribution in [2.24, 2.45) is 0 Å². The smallest absolute Gasteiger partial charge is 0.307 e. The second-order valence-electron chi connectivity index (χ2n) is 6.92. The Morgan fingerprint density at radius 3 is 2.81 bits per heavy atom. The number of carbonyl (C=O) groups excluding carboxylic acids is 3. The molecule has 1 heterocycles. The number of piperazine rings is 1. The van der Waals surface area contributed by atoms with Gasteiger partial charge >= 0.3 is 5.97 Å². The number of anilines is 1. The Balaban J connectivity index is 1.95. The van der Waals surface area contributed by atoms with Gasteiger partial charge in [0.2, 0.25) is 11.8 Å². The summed E-state index contributed by atoms with van der Waals surface area (Å²) >= 11 is 0. The number of unbranched alkanes of at least 4 members (excludes halogenated alkanes) is 1. The second-order valence-corrected chi connectivity index (χ2v) is 6.92. The highest BCUT2D eigenvalue weighted by Crippen LogP contribution is 2.16. The molecule has 2 N–H and O–H groups in total. The highest BCUT2D eigenvalue weighted by atomic mass is 16.5. The van der Waals surface area contributed by atoms with Crippen molar-refractivity contribution in [1.29, 1.82) is 0 Å². The van der Waals surface area contributed by atoms with Crippen molar-refractivity contribution in [2.75, 3.05) is 31.6 Å². The zero-order valence-corrected chi connectivity index (χ0v) is 16.3. The number of hydrogen-bond donors (Lipinski definition) is 2. The number of hydrogen-bond acceptors (Lipinski definition) is 5. The number of nitrogens with one attached hydrogen (secondary N) is 2. The molecule has 1 atom stereocenters. The van der Waals surface area contributed by atoms with Crippen LogP contribution in [0, 0.1) is 13.8 Å². The van der Waals surface area contributed by atoms with E-state index < -0.39 is 12.0 Å². The first-order chi connectivity index (χ1) is 12.9. The lowest BCUT2D eigenvalue weighted by atomic mass is 10.1. The minimum atomic E-state index is -0.683. The number of benzene rings is 1. The zero-order chi connectivity index (χ0) is 19.8. The number of rotatable bonds is 8. The molecule has 0 saturated carbocycles. The molecule has 7 heteroatoms.